The largest absolute Gasteiger partial charge is 0.381 e. The molecule has 1 aliphatic carbocycles. The van der Waals surface area contributed by atoms with E-state index >= 15 is 0 Å². The molecular weight excluding hydrogens is 186 g/mol. The maximum absolute atomic E-state index is 5.43. The van der Waals surface area contributed by atoms with E-state index in [1.807, 2.05) is 7.11 Å². The average Bonchev–Trinajstić information content (AvgIpc) is 2.27. The number of hydrogen-bond donors (Lipinski definition) is 0. The quantitative estimate of drug-likeness (QED) is 0.734. The summed E-state index contributed by atoms with van der Waals surface area (Å²) in [5, 5.41) is 0. The van der Waals surface area contributed by atoms with E-state index in [4.69, 9.17) is 4.74 Å². The van der Waals surface area contributed by atoms with Crippen molar-refractivity contribution >= 4 is 5.69 Å². The Kier molecular flexibility index (Phi) is 2.96. The summed E-state index contributed by atoms with van der Waals surface area (Å²) in [7, 11) is 6.03. The minimum Gasteiger partial charge on any atom is -0.381 e. The second-order valence-electron chi connectivity index (χ2n) is 4.41. The first-order valence-electron chi connectivity index (χ1n) is 5.53. The molecule has 1 aromatic rings. The van der Waals surface area contributed by atoms with Gasteiger partial charge in [0, 0.05) is 26.9 Å². The van der Waals surface area contributed by atoms with Gasteiger partial charge >= 0.3 is 0 Å². The summed E-state index contributed by atoms with van der Waals surface area (Å²) in [6, 6.07) is 6.58. The van der Waals surface area contributed by atoms with Crippen molar-refractivity contribution in [1.82, 2.24) is 0 Å². The van der Waals surface area contributed by atoms with Crippen LogP contribution in [0.5, 0.6) is 0 Å². The van der Waals surface area contributed by atoms with Gasteiger partial charge in [0.15, 0.2) is 0 Å². The molecule has 2 rings (SSSR count). The topological polar surface area (TPSA) is 12.5 Å². The third kappa shape index (κ3) is 2.00. The van der Waals surface area contributed by atoms with Crippen molar-refractivity contribution in [3.63, 3.8) is 0 Å². The summed E-state index contributed by atoms with van der Waals surface area (Å²) in [6.07, 6.45) is 3.76. The maximum Gasteiger partial charge on any atom is 0.0615 e. The number of benzene rings is 1. The van der Waals surface area contributed by atoms with Gasteiger partial charge in [-0.3, -0.25) is 0 Å². The molecule has 2 nitrogen and oxygen atoms in total. The molecule has 0 radical (unpaired) electrons. The van der Waals surface area contributed by atoms with Crippen molar-refractivity contribution in [1.29, 1.82) is 0 Å². The highest BCUT2D eigenvalue weighted by atomic mass is 16.5. The van der Waals surface area contributed by atoms with Crippen LogP contribution in [0.25, 0.3) is 0 Å². The van der Waals surface area contributed by atoms with Gasteiger partial charge < -0.3 is 9.64 Å². The van der Waals surface area contributed by atoms with Crippen LogP contribution in [0.1, 0.15) is 17.5 Å². The second kappa shape index (κ2) is 4.23. The van der Waals surface area contributed by atoms with E-state index in [1.165, 1.54) is 16.8 Å². The SMILES string of the molecule is COC1CCc2c(cccc2N(C)C)C1. The maximum atomic E-state index is 5.43. The summed E-state index contributed by atoms with van der Waals surface area (Å²) in [5.41, 5.74) is 4.33. The minimum atomic E-state index is 0.412. The molecule has 0 N–H and O–H groups in total. The Hall–Kier alpha value is -1.02. The molecule has 1 atom stereocenters. The van der Waals surface area contributed by atoms with E-state index in [1.54, 1.807) is 0 Å². The molecule has 0 saturated heterocycles. The van der Waals surface area contributed by atoms with Gasteiger partial charge in [0.1, 0.15) is 0 Å². The molecule has 0 heterocycles. The van der Waals surface area contributed by atoms with Gasteiger partial charge in [-0.1, -0.05) is 12.1 Å². The van der Waals surface area contributed by atoms with Gasteiger partial charge in [-0.05, 0) is 36.5 Å². The predicted octanol–water partition coefficient (Wildman–Crippen LogP) is 2.26. The van der Waals surface area contributed by atoms with E-state index in [0.29, 0.717) is 6.10 Å². The highest BCUT2D eigenvalue weighted by Gasteiger charge is 2.20. The predicted molar refractivity (Wildman–Crippen MR) is 63.6 cm³/mol. The number of ether oxygens (including phenoxy) is 1. The van der Waals surface area contributed by atoms with Gasteiger partial charge in [0.05, 0.1) is 6.10 Å². The molecule has 0 bridgehead atoms. The van der Waals surface area contributed by atoms with Crippen LogP contribution in [0.15, 0.2) is 18.2 Å². The van der Waals surface area contributed by atoms with Crippen LogP contribution in [-0.2, 0) is 17.6 Å². The van der Waals surface area contributed by atoms with Crippen LogP contribution in [-0.4, -0.2) is 27.3 Å². The van der Waals surface area contributed by atoms with Crippen LogP contribution >= 0.6 is 0 Å². The summed E-state index contributed by atoms with van der Waals surface area (Å²) < 4.78 is 5.43. The highest BCUT2D eigenvalue weighted by Crippen LogP contribution is 2.30. The summed E-state index contributed by atoms with van der Waals surface area (Å²) >= 11 is 0. The fourth-order valence-electron chi connectivity index (χ4n) is 2.37. The number of fused-ring (bicyclic) bond motifs is 1. The summed E-state index contributed by atoms with van der Waals surface area (Å²) in [6.45, 7) is 0. The Balaban J connectivity index is 2.33. The molecule has 0 aromatic heterocycles. The van der Waals surface area contributed by atoms with Crippen molar-refractivity contribution in [3.8, 4) is 0 Å². The van der Waals surface area contributed by atoms with Gasteiger partial charge in [-0.25, -0.2) is 0 Å². The molecule has 1 unspecified atom stereocenters. The van der Waals surface area contributed by atoms with E-state index in [-0.39, 0.29) is 0 Å². The smallest absolute Gasteiger partial charge is 0.0615 e. The van der Waals surface area contributed by atoms with Crippen LogP contribution in [0.4, 0.5) is 5.69 Å². The number of nitrogens with zero attached hydrogens (tertiary/aromatic N) is 1. The van der Waals surface area contributed by atoms with Crippen molar-refractivity contribution in [2.45, 2.75) is 25.4 Å². The lowest BCUT2D eigenvalue weighted by Crippen LogP contribution is -2.23. The van der Waals surface area contributed by atoms with E-state index in [0.717, 1.165) is 19.3 Å². The van der Waals surface area contributed by atoms with Crippen molar-refractivity contribution < 1.29 is 4.74 Å². The van der Waals surface area contributed by atoms with Crippen LogP contribution in [0.3, 0.4) is 0 Å². The molecule has 1 aromatic carbocycles. The third-order valence-corrected chi connectivity index (χ3v) is 3.23. The normalized spacial score (nSPS) is 19.8. The molecule has 0 saturated carbocycles. The Bertz CT molecular complexity index is 346. The monoisotopic (exact) mass is 205 g/mol. The van der Waals surface area contributed by atoms with E-state index in [9.17, 15) is 0 Å². The lowest BCUT2D eigenvalue weighted by molar-refractivity contribution is 0.0912. The molecule has 0 amide bonds. The minimum absolute atomic E-state index is 0.412. The number of anilines is 1. The molecule has 0 aliphatic heterocycles. The molecule has 0 fully saturated rings. The van der Waals surface area contributed by atoms with Gasteiger partial charge in [-0.2, -0.15) is 0 Å². The second-order valence-corrected chi connectivity index (χ2v) is 4.41. The summed E-state index contributed by atoms with van der Waals surface area (Å²) in [4.78, 5) is 2.20. The fraction of sp³-hybridized carbons (Fsp3) is 0.538. The first kappa shape index (κ1) is 10.5. The van der Waals surface area contributed by atoms with Gasteiger partial charge in [0.25, 0.3) is 0 Å². The number of hydrogen-bond acceptors (Lipinski definition) is 2. The molecule has 0 spiro atoms. The zero-order valence-electron chi connectivity index (χ0n) is 9.79. The standard InChI is InChI=1S/C13H19NO/c1-14(2)13-6-4-5-10-9-11(15-3)7-8-12(10)13/h4-6,11H,7-9H2,1-3H3. The average molecular weight is 205 g/mol. The van der Waals surface area contributed by atoms with Gasteiger partial charge in [-0.15, -0.1) is 0 Å². The Morgan fingerprint density at radius 1 is 1.33 bits per heavy atom. The first-order valence-corrected chi connectivity index (χ1v) is 5.53. The zero-order chi connectivity index (χ0) is 10.8. The molecule has 15 heavy (non-hydrogen) atoms. The third-order valence-electron chi connectivity index (χ3n) is 3.23. The molecule has 1 aliphatic rings. The Morgan fingerprint density at radius 2 is 2.13 bits per heavy atom. The van der Waals surface area contributed by atoms with Crippen molar-refractivity contribution in [2.75, 3.05) is 26.1 Å². The number of rotatable bonds is 2. The van der Waals surface area contributed by atoms with Crippen LogP contribution in [0.2, 0.25) is 0 Å². The van der Waals surface area contributed by atoms with Crippen LogP contribution in [0, 0.1) is 0 Å². The lowest BCUT2D eigenvalue weighted by atomic mass is 9.88. The molecule has 82 valence electrons. The van der Waals surface area contributed by atoms with Crippen molar-refractivity contribution in [3.05, 3.63) is 29.3 Å². The Labute approximate surface area is 91.9 Å². The van der Waals surface area contributed by atoms with Crippen LogP contribution < -0.4 is 4.90 Å². The Morgan fingerprint density at radius 3 is 2.80 bits per heavy atom. The van der Waals surface area contributed by atoms with Gasteiger partial charge in [0.2, 0.25) is 0 Å². The lowest BCUT2D eigenvalue weighted by Gasteiger charge is -2.27. The molecule has 2 heteroatoms. The highest BCUT2D eigenvalue weighted by molar-refractivity contribution is 5.56. The fourth-order valence-corrected chi connectivity index (χ4v) is 2.37. The number of methoxy groups -OCH3 is 1. The first-order chi connectivity index (χ1) is 7.22. The molecular formula is C13H19NO. The van der Waals surface area contributed by atoms with E-state index < -0.39 is 0 Å². The zero-order valence-corrected chi connectivity index (χ0v) is 9.79. The summed E-state index contributed by atoms with van der Waals surface area (Å²) in [5.74, 6) is 0. The van der Waals surface area contributed by atoms with E-state index in [2.05, 4.69) is 37.2 Å². The van der Waals surface area contributed by atoms with Crippen molar-refractivity contribution in [2.24, 2.45) is 0 Å².